The van der Waals surface area contributed by atoms with Crippen molar-refractivity contribution in [3.63, 3.8) is 0 Å². The molecule has 0 spiro atoms. The second-order valence-corrected chi connectivity index (χ2v) is 12.0. The monoisotopic (exact) mass is 629 g/mol. The summed E-state index contributed by atoms with van der Waals surface area (Å²) in [6, 6.07) is 54.4. The quantitative estimate of drug-likeness (QED) is 0.177. The van der Waals surface area contributed by atoms with Crippen LogP contribution in [-0.4, -0.2) is 15.0 Å². The Bertz CT molecular complexity index is 2710. The van der Waals surface area contributed by atoms with Crippen LogP contribution in [0.2, 0.25) is 0 Å². The molecule has 9 aromatic rings. The Hall–Kier alpha value is -6.72. The molecule has 5 heteroatoms. The minimum atomic E-state index is -0.0135. The lowest BCUT2D eigenvalue weighted by Crippen LogP contribution is -2.01. The van der Waals surface area contributed by atoms with Crippen LogP contribution in [0.3, 0.4) is 0 Å². The van der Waals surface area contributed by atoms with Crippen molar-refractivity contribution in [2.24, 2.45) is 0 Å². The van der Waals surface area contributed by atoms with E-state index in [1.54, 1.807) is 6.07 Å². The van der Waals surface area contributed by atoms with Gasteiger partial charge < -0.3 is 4.42 Å². The van der Waals surface area contributed by atoms with Crippen LogP contribution in [-0.2, 0) is 0 Å². The van der Waals surface area contributed by atoms with E-state index in [1.165, 1.54) is 0 Å². The summed E-state index contributed by atoms with van der Waals surface area (Å²) in [6.45, 7) is 0. The summed E-state index contributed by atoms with van der Waals surface area (Å²) < 4.78 is 6.10. The van der Waals surface area contributed by atoms with Crippen LogP contribution in [0.25, 0.3) is 89.1 Å². The first-order valence-corrected chi connectivity index (χ1v) is 16.1. The molecule has 0 atom stereocenters. The topological polar surface area (TPSA) is 68.9 Å². The van der Waals surface area contributed by atoms with Gasteiger partial charge in [0.1, 0.15) is 11.2 Å². The van der Waals surface area contributed by atoms with Crippen LogP contribution in [0.1, 0.15) is 0 Å². The molecule has 2 aromatic heterocycles. The van der Waals surface area contributed by atoms with Crippen molar-refractivity contribution in [2.75, 3.05) is 0 Å². The summed E-state index contributed by atoms with van der Waals surface area (Å²) in [5, 5.41) is 3.41. The van der Waals surface area contributed by atoms with Crippen molar-refractivity contribution in [2.45, 2.75) is 0 Å². The minimum absolute atomic E-state index is 0.0135. The number of hydrogen-bond acceptors (Lipinski definition) is 5. The van der Waals surface area contributed by atoms with Crippen LogP contribution in [0.5, 0.6) is 0 Å². The van der Waals surface area contributed by atoms with Crippen molar-refractivity contribution < 1.29 is 4.42 Å². The van der Waals surface area contributed by atoms with E-state index in [2.05, 4.69) is 72.8 Å². The highest BCUT2D eigenvalue weighted by Crippen LogP contribution is 2.32. The predicted octanol–water partition coefficient (Wildman–Crippen LogP) is 10.6. The molecule has 0 N–H and O–H groups in total. The molecule has 0 saturated carbocycles. The third-order valence-electron chi connectivity index (χ3n) is 8.97. The summed E-state index contributed by atoms with van der Waals surface area (Å²) in [4.78, 5) is 27.8. The van der Waals surface area contributed by atoms with Crippen LogP contribution < -0.4 is 5.43 Å². The number of fused-ring (bicyclic) bond motifs is 3. The summed E-state index contributed by atoms with van der Waals surface area (Å²) in [5.74, 6) is 1.89. The zero-order valence-electron chi connectivity index (χ0n) is 26.2. The highest BCUT2D eigenvalue weighted by molar-refractivity contribution is 5.95. The van der Waals surface area contributed by atoms with Gasteiger partial charge in [-0.05, 0) is 57.3 Å². The normalized spacial score (nSPS) is 11.3. The second kappa shape index (κ2) is 11.8. The Morgan fingerprint density at radius 3 is 1.61 bits per heavy atom. The average Bonchev–Trinajstić information content (AvgIpc) is 3.18. The number of aromatic nitrogens is 3. The highest BCUT2D eigenvalue weighted by Gasteiger charge is 2.15. The van der Waals surface area contributed by atoms with Crippen LogP contribution >= 0.6 is 0 Å². The number of rotatable bonds is 5. The van der Waals surface area contributed by atoms with E-state index in [4.69, 9.17) is 19.4 Å². The van der Waals surface area contributed by atoms with Crippen LogP contribution in [0.4, 0.5) is 0 Å². The first kappa shape index (κ1) is 28.5. The van der Waals surface area contributed by atoms with Gasteiger partial charge in [0.05, 0.1) is 10.8 Å². The molecule has 0 bridgehead atoms. The molecule has 0 radical (unpaired) electrons. The van der Waals surface area contributed by atoms with E-state index in [0.717, 1.165) is 49.7 Å². The zero-order chi connectivity index (χ0) is 32.7. The summed E-state index contributed by atoms with van der Waals surface area (Å²) in [6.07, 6.45) is 0. The average molecular weight is 630 g/mol. The molecule has 5 nitrogen and oxygen atoms in total. The molecule has 7 aromatic carbocycles. The van der Waals surface area contributed by atoms with Gasteiger partial charge in [0.25, 0.3) is 0 Å². The Labute approximate surface area is 281 Å². The Kier molecular flexibility index (Phi) is 6.87. The van der Waals surface area contributed by atoms with E-state index in [1.807, 2.05) is 84.9 Å². The lowest BCUT2D eigenvalue weighted by molar-refractivity contribution is 0.660. The van der Waals surface area contributed by atoms with Crippen molar-refractivity contribution >= 4 is 32.7 Å². The van der Waals surface area contributed by atoms with E-state index < -0.39 is 0 Å². The first-order chi connectivity index (χ1) is 24.2. The lowest BCUT2D eigenvalue weighted by atomic mass is 9.98. The fraction of sp³-hybridized carbons (Fsp3) is 0. The van der Waals surface area contributed by atoms with E-state index in [0.29, 0.717) is 39.4 Å². The van der Waals surface area contributed by atoms with Gasteiger partial charge >= 0.3 is 0 Å². The third-order valence-corrected chi connectivity index (χ3v) is 8.97. The summed E-state index contributed by atoms with van der Waals surface area (Å²) in [7, 11) is 0. The van der Waals surface area contributed by atoms with Gasteiger partial charge in [-0.25, -0.2) is 15.0 Å². The van der Waals surface area contributed by atoms with Gasteiger partial charge in [0.15, 0.2) is 17.5 Å². The maximum absolute atomic E-state index is 13.0. The maximum Gasteiger partial charge on any atom is 0.200 e. The van der Waals surface area contributed by atoms with Crippen molar-refractivity contribution in [3.8, 4) is 56.4 Å². The lowest BCUT2D eigenvalue weighted by Gasteiger charge is -2.11. The van der Waals surface area contributed by atoms with Gasteiger partial charge in [-0.2, -0.15) is 0 Å². The summed E-state index contributed by atoms with van der Waals surface area (Å²) >= 11 is 0. The van der Waals surface area contributed by atoms with Gasteiger partial charge in [0.2, 0.25) is 5.43 Å². The Balaban J connectivity index is 1.05. The SMILES string of the molecule is O=c1c2ccccc2oc2cc(-c3ccc(-c4ccc(-c5nc(-c6ccccc6)nc(-c6cccc7ccccc67)n5)cc4)cc3)ccc12. The number of hydrogen-bond donors (Lipinski definition) is 0. The molecule has 9 rings (SSSR count). The zero-order valence-corrected chi connectivity index (χ0v) is 26.2. The molecule has 0 aliphatic rings. The molecular weight excluding hydrogens is 603 g/mol. The molecule has 0 unspecified atom stereocenters. The van der Waals surface area contributed by atoms with Crippen molar-refractivity contribution in [1.29, 1.82) is 0 Å². The molecule has 230 valence electrons. The molecule has 49 heavy (non-hydrogen) atoms. The number of nitrogens with zero attached hydrogens (tertiary/aromatic N) is 3. The Morgan fingerprint density at radius 1 is 0.367 bits per heavy atom. The van der Waals surface area contributed by atoms with Crippen LogP contribution in [0.15, 0.2) is 173 Å². The fourth-order valence-electron chi connectivity index (χ4n) is 6.41. The molecule has 0 fully saturated rings. The highest BCUT2D eigenvalue weighted by atomic mass is 16.3. The minimum Gasteiger partial charge on any atom is -0.456 e. The molecule has 0 saturated heterocycles. The van der Waals surface area contributed by atoms with Crippen molar-refractivity contribution in [1.82, 2.24) is 15.0 Å². The second-order valence-electron chi connectivity index (χ2n) is 12.0. The van der Waals surface area contributed by atoms with Gasteiger partial charge in [-0.3, -0.25) is 4.79 Å². The Morgan fingerprint density at radius 2 is 0.878 bits per heavy atom. The fourth-order valence-corrected chi connectivity index (χ4v) is 6.41. The molecular formula is C44H27N3O2. The molecule has 0 aliphatic carbocycles. The smallest absolute Gasteiger partial charge is 0.200 e. The summed E-state index contributed by atoms with van der Waals surface area (Å²) in [5.41, 5.74) is 8.17. The van der Waals surface area contributed by atoms with Crippen molar-refractivity contribution in [3.05, 3.63) is 174 Å². The van der Waals surface area contributed by atoms with Gasteiger partial charge in [0, 0.05) is 16.7 Å². The van der Waals surface area contributed by atoms with E-state index in [-0.39, 0.29) is 5.43 Å². The molecule has 2 heterocycles. The van der Waals surface area contributed by atoms with E-state index >= 15 is 0 Å². The largest absolute Gasteiger partial charge is 0.456 e. The standard InChI is InChI=1S/C44H27N3O2/c48-41-37-14-6-7-16-39(37)49-40-27-34(25-26-38(40)41)30-19-17-28(18-20-30)29-21-23-33(24-22-29)43-45-42(32-10-2-1-3-11-32)46-44(47-43)36-15-8-12-31-9-4-5-13-35(31)36/h1-27H. The first-order valence-electron chi connectivity index (χ1n) is 16.1. The van der Waals surface area contributed by atoms with E-state index in [9.17, 15) is 4.79 Å². The number of benzene rings is 7. The molecule has 0 aliphatic heterocycles. The number of para-hydroxylation sites is 1. The van der Waals surface area contributed by atoms with Gasteiger partial charge in [-0.15, -0.1) is 0 Å². The predicted molar refractivity (Wildman–Crippen MR) is 198 cm³/mol. The molecule has 0 amide bonds. The maximum atomic E-state index is 13.0. The van der Waals surface area contributed by atoms with Gasteiger partial charge in [-0.1, -0.05) is 140 Å². The third kappa shape index (κ3) is 5.24. The van der Waals surface area contributed by atoms with Crippen LogP contribution in [0, 0.1) is 0 Å².